The average molecular weight is 232 g/mol. The lowest BCUT2D eigenvalue weighted by Crippen LogP contribution is -1.87. The zero-order valence-corrected chi connectivity index (χ0v) is 10.1. The number of benzene rings is 1. The summed E-state index contributed by atoms with van der Waals surface area (Å²) in [6, 6.07) is 14.2. The van der Waals surface area contributed by atoms with Crippen LogP contribution in [0.4, 0.5) is 0 Å². The number of nitrogens with zero attached hydrogens (tertiary/aromatic N) is 2. The largest absolute Gasteiger partial charge is 0.240 e. The minimum absolute atomic E-state index is 0.965. The van der Waals surface area contributed by atoms with E-state index in [0.29, 0.717) is 0 Å². The van der Waals surface area contributed by atoms with E-state index in [1.807, 2.05) is 41.0 Å². The molecule has 0 amide bonds. The van der Waals surface area contributed by atoms with Crippen molar-refractivity contribution in [3.8, 4) is 11.8 Å². The van der Waals surface area contributed by atoms with Crippen LogP contribution in [0.5, 0.6) is 0 Å². The van der Waals surface area contributed by atoms with Crippen LogP contribution in [-0.4, -0.2) is 9.61 Å². The van der Waals surface area contributed by atoms with E-state index in [0.717, 1.165) is 16.6 Å². The first-order valence-electron chi connectivity index (χ1n) is 5.83. The van der Waals surface area contributed by atoms with Gasteiger partial charge < -0.3 is 0 Å². The minimum Gasteiger partial charge on any atom is -0.240 e. The summed E-state index contributed by atoms with van der Waals surface area (Å²) < 4.78 is 1.83. The molecular weight excluding hydrogens is 220 g/mol. The van der Waals surface area contributed by atoms with Crippen molar-refractivity contribution < 1.29 is 0 Å². The lowest BCUT2D eigenvalue weighted by atomic mass is 10.1. The molecule has 2 heterocycles. The maximum Gasteiger partial charge on any atom is 0.0662 e. The van der Waals surface area contributed by atoms with Crippen molar-refractivity contribution >= 4 is 5.52 Å². The smallest absolute Gasteiger partial charge is 0.0662 e. The molecule has 0 atom stereocenters. The first kappa shape index (κ1) is 10.6. The lowest BCUT2D eigenvalue weighted by Gasteiger charge is -1.94. The van der Waals surface area contributed by atoms with Crippen molar-refractivity contribution in [3.05, 3.63) is 71.5 Å². The molecule has 0 spiro atoms. The van der Waals surface area contributed by atoms with E-state index in [1.165, 1.54) is 5.56 Å². The first-order chi connectivity index (χ1) is 8.81. The summed E-state index contributed by atoms with van der Waals surface area (Å²) in [5, 5.41) is 4.19. The zero-order chi connectivity index (χ0) is 12.4. The van der Waals surface area contributed by atoms with Gasteiger partial charge in [0.05, 0.1) is 5.52 Å². The third kappa shape index (κ3) is 2.11. The van der Waals surface area contributed by atoms with Crippen LogP contribution in [0.1, 0.15) is 16.7 Å². The lowest BCUT2D eigenvalue weighted by molar-refractivity contribution is 0.958. The Morgan fingerprint density at radius 1 is 0.889 bits per heavy atom. The number of rotatable bonds is 0. The topological polar surface area (TPSA) is 17.3 Å². The number of hydrogen-bond donors (Lipinski definition) is 0. The quantitative estimate of drug-likeness (QED) is 0.544. The van der Waals surface area contributed by atoms with E-state index in [9.17, 15) is 0 Å². The molecule has 3 aromatic rings. The molecule has 0 radical (unpaired) electrons. The molecule has 3 rings (SSSR count). The van der Waals surface area contributed by atoms with E-state index in [-0.39, 0.29) is 0 Å². The van der Waals surface area contributed by atoms with Crippen LogP contribution in [0.25, 0.3) is 5.52 Å². The Hall–Kier alpha value is -2.53. The first-order valence-corrected chi connectivity index (χ1v) is 5.83. The zero-order valence-electron chi connectivity index (χ0n) is 10.1. The average Bonchev–Trinajstić information content (AvgIpc) is 2.85. The highest BCUT2D eigenvalue weighted by Gasteiger charge is 1.93. The highest BCUT2D eigenvalue weighted by Crippen LogP contribution is 2.05. The molecule has 1 aromatic carbocycles. The van der Waals surface area contributed by atoms with Crippen LogP contribution in [0.15, 0.2) is 54.9 Å². The summed E-state index contributed by atoms with van der Waals surface area (Å²) >= 11 is 0. The second-order valence-corrected chi connectivity index (χ2v) is 4.23. The van der Waals surface area contributed by atoms with Crippen molar-refractivity contribution in [2.75, 3.05) is 0 Å². The Morgan fingerprint density at radius 2 is 1.61 bits per heavy atom. The highest BCUT2D eigenvalue weighted by atomic mass is 15.2. The van der Waals surface area contributed by atoms with Crippen LogP contribution >= 0.6 is 0 Å². The Labute approximate surface area is 106 Å². The Kier molecular flexibility index (Phi) is 2.59. The van der Waals surface area contributed by atoms with Gasteiger partial charge in [-0.25, -0.2) is 4.52 Å². The monoisotopic (exact) mass is 232 g/mol. The Morgan fingerprint density at radius 3 is 2.44 bits per heavy atom. The van der Waals surface area contributed by atoms with Gasteiger partial charge in [0.2, 0.25) is 0 Å². The molecule has 2 nitrogen and oxygen atoms in total. The summed E-state index contributed by atoms with van der Waals surface area (Å²) in [6.45, 7) is 2.07. The van der Waals surface area contributed by atoms with Crippen LogP contribution in [0.2, 0.25) is 0 Å². The fraction of sp³-hybridized carbons (Fsp3) is 0.0625. The van der Waals surface area contributed by atoms with E-state index in [2.05, 4.69) is 36.0 Å². The van der Waals surface area contributed by atoms with Crippen LogP contribution < -0.4 is 0 Å². The molecule has 18 heavy (non-hydrogen) atoms. The maximum atomic E-state index is 4.19. The minimum atomic E-state index is 0.965. The molecule has 0 saturated carbocycles. The predicted octanol–water partition coefficient (Wildman–Crippen LogP) is 3.04. The number of aromatic nitrogens is 2. The van der Waals surface area contributed by atoms with Gasteiger partial charge in [-0.1, -0.05) is 29.5 Å². The molecule has 0 bridgehead atoms. The van der Waals surface area contributed by atoms with Gasteiger partial charge in [-0.05, 0) is 37.3 Å². The van der Waals surface area contributed by atoms with Crippen molar-refractivity contribution in [3.63, 3.8) is 0 Å². The third-order valence-electron chi connectivity index (χ3n) is 2.80. The molecule has 0 aliphatic carbocycles. The SMILES string of the molecule is Cc1ccc(C#Cc2ccc3ccnn3c2)cc1. The summed E-state index contributed by atoms with van der Waals surface area (Å²) in [6.07, 6.45) is 3.73. The predicted molar refractivity (Wildman–Crippen MR) is 72.4 cm³/mol. The Bertz CT molecular complexity index is 740. The second kappa shape index (κ2) is 4.38. The Balaban J connectivity index is 1.94. The summed E-state index contributed by atoms with van der Waals surface area (Å²) in [5.41, 5.74) is 4.32. The third-order valence-corrected chi connectivity index (χ3v) is 2.80. The summed E-state index contributed by atoms with van der Waals surface area (Å²) in [5.74, 6) is 6.31. The van der Waals surface area contributed by atoms with E-state index < -0.39 is 0 Å². The van der Waals surface area contributed by atoms with Gasteiger partial charge >= 0.3 is 0 Å². The molecule has 0 unspecified atom stereocenters. The fourth-order valence-corrected chi connectivity index (χ4v) is 1.77. The van der Waals surface area contributed by atoms with Crippen molar-refractivity contribution in [1.82, 2.24) is 9.61 Å². The van der Waals surface area contributed by atoms with Crippen LogP contribution in [-0.2, 0) is 0 Å². The molecule has 0 N–H and O–H groups in total. The molecule has 0 aliphatic heterocycles. The van der Waals surface area contributed by atoms with Crippen LogP contribution in [0.3, 0.4) is 0 Å². The fourth-order valence-electron chi connectivity index (χ4n) is 1.77. The van der Waals surface area contributed by atoms with Crippen LogP contribution in [0, 0.1) is 18.8 Å². The molecule has 0 saturated heterocycles. The molecule has 0 aliphatic rings. The van der Waals surface area contributed by atoms with Gasteiger partial charge in [-0.3, -0.25) is 0 Å². The molecule has 2 heteroatoms. The molecule has 2 aromatic heterocycles. The molecule has 86 valence electrons. The number of pyridine rings is 1. The van der Waals surface area contributed by atoms with Gasteiger partial charge in [0.15, 0.2) is 0 Å². The second-order valence-electron chi connectivity index (χ2n) is 4.23. The number of fused-ring (bicyclic) bond motifs is 1. The number of aryl methyl sites for hydroxylation is 1. The van der Waals surface area contributed by atoms with Gasteiger partial charge in [0.25, 0.3) is 0 Å². The van der Waals surface area contributed by atoms with E-state index >= 15 is 0 Å². The van der Waals surface area contributed by atoms with E-state index in [1.54, 1.807) is 6.20 Å². The van der Waals surface area contributed by atoms with Crippen molar-refractivity contribution in [2.24, 2.45) is 0 Å². The van der Waals surface area contributed by atoms with Gasteiger partial charge in [-0.15, -0.1) is 0 Å². The standard InChI is InChI=1S/C16H12N2/c1-13-2-4-14(5-3-13)6-7-15-8-9-16-10-11-17-18(16)12-15/h2-5,8-12H,1H3. The van der Waals surface area contributed by atoms with Gasteiger partial charge in [0.1, 0.15) is 0 Å². The summed E-state index contributed by atoms with van der Waals surface area (Å²) in [4.78, 5) is 0. The van der Waals surface area contributed by atoms with Crippen molar-refractivity contribution in [1.29, 1.82) is 0 Å². The normalized spacial score (nSPS) is 10.1. The summed E-state index contributed by atoms with van der Waals surface area (Å²) in [7, 11) is 0. The maximum absolute atomic E-state index is 4.19. The van der Waals surface area contributed by atoms with E-state index in [4.69, 9.17) is 0 Å². The van der Waals surface area contributed by atoms with Gasteiger partial charge in [0, 0.05) is 23.5 Å². The van der Waals surface area contributed by atoms with Crippen molar-refractivity contribution in [2.45, 2.75) is 6.92 Å². The van der Waals surface area contributed by atoms with Gasteiger partial charge in [-0.2, -0.15) is 5.10 Å². The number of hydrogen-bond acceptors (Lipinski definition) is 1. The molecular formula is C16H12N2. The highest BCUT2D eigenvalue weighted by molar-refractivity contribution is 5.50. The molecule has 0 fully saturated rings.